The van der Waals surface area contributed by atoms with Crippen molar-refractivity contribution in [2.45, 2.75) is 39.3 Å². The first kappa shape index (κ1) is 12.9. The van der Waals surface area contributed by atoms with Gasteiger partial charge in [0.15, 0.2) is 0 Å². The van der Waals surface area contributed by atoms with E-state index in [0.29, 0.717) is 12.1 Å². The van der Waals surface area contributed by atoms with Crippen LogP contribution in [0.5, 0.6) is 0 Å². The lowest BCUT2D eigenvalue weighted by atomic mass is 10.1. The zero-order chi connectivity index (χ0) is 12.4. The molecule has 1 aromatic carbocycles. The van der Waals surface area contributed by atoms with Crippen molar-refractivity contribution in [3.63, 3.8) is 0 Å². The average Bonchev–Trinajstić information content (AvgIpc) is 2.73. The van der Waals surface area contributed by atoms with E-state index < -0.39 is 0 Å². The van der Waals surface area contributed by atoms with Gasteiger partial charge >= 0.3 is 0 Å². The lowest BCUT2D eigenvalue weighted by Crippen LogP contribution is -2.31. The van der Waals surface area contributed by atoms with E-state index in [2.05, 4.69) is 65.1 Å². The van der Waals surface area contributed by atoms with Crippen molar-refractivity contribution in [2.24, 2.45) is 0 Å². The minimum atomic E-state index is 0.588. The molecule has 1 aliphatic heterocycles. The van der Waals surface area contributed by atoms with E-state index in [1.54, 1.807) is 0 Å². The quantitative estimate of drug-likeness (QED) is 0.916. The number of hydrogen-bond donors (Lipinski definition) is 1. The summed E-state index contributed by atoms with van der Waals surface area (Å²) in [7, 11) is 0. The van der Waals surface area contributed by atoms with Crippen LogP contribution in [0.15, 0.2) is 22.7 Å². The molecule has 1 atom stereocenters. The molecule has 1 N–H and O–H groups in total. The largest absolute Gasteiger partial charge is 0.381 e. The van der Waals surface area contributed by atoms with Crippen LogP contribution in [0.3, 0.4) is 0 Å². The highest BCUT2D eigenvalue weighted by Gasteiger charge is 2.24. The number of likely N-dealkylation sites (tertiary alicyclic amines) is 1. The van der Waals surface area contributed by atoms with Crippen molar-refractivity contribution in [1.29, 1.82) is 0 Å². The third kappa shape index (κ3) is 3.02. The molecule has 0 aliphatic carbocycles. The van der Waals surface area contributed by atoms with Crippen LogP contribution in [-0.4, -0.2) is 30.1 Å². The van der Waals surface area contributed by atoms with E-state index in [4.69, 9.17) is 0 Å². The molecule has 1 heterocycles. The van der Waals surface area contributed by atoms with Crippen molar-refractivity contribution in [3.05, 3.63) is 28.2 Å². The number of nitrogens with one attached hydrogen (secondary N) is 1. The maximum absolute atomic E-state index is 3.66. The first-order valence-corrected chi connectivity index (χ1v) is 7.13. The third-order valence-electron chi connectivity index (χ3n) is 3.58. The summed E-state index contributed by atoms with van der Waals surface area (Å²) in [5.41, 5.74) is 2.56. The van der Waals surface area contributed by atoms with Gasteiger partial charge in [0.05, 0.1) is 0 Å². The van der Waals surface area contributed by atoms with E-state index >= 15 is 0 Å². The van der Waals surface area contributed by atoms with Crippen molar-refractivity contribution in [2.75, 3.05) is 18.4 Å². The highest BCUT2D eigenvalue weighted by molar-refractivity contribution is 9.10. The molecule has 94 valence electrons. The van der Waals surface area contributed by atoms with Gasteiger partial charge in [-0.2, -0.15) is 0 Å². The predicted octanol–water partition coefficient (Wildman–Crippen LogP) is 3.65. The average molecular weight is 297 g/mol. The highest BCUT2D eigenvalue weighted by atomic mass is 79.9. The zero-order valence-electron chi connectivity index (χ0n) is 10.8. The number of hydrogen-bond acceptors (Lipinski definition) is 2. The molecule has 1 fully saturated rings. The summed E-state index contributed by atoms with van der Waals surface area (Å²) in [6.07, 6.45) is 1.24. The fraction of sp³-hybridized carbons (Fsp3) is 0.571. The second kappa shape index (κ2) is 5.40. The van der Waals surface area contributed by atoms with E-state index in [1.165, 1.54) is 28.7 Å². The van der Waals surface area contributed by atoms with Gasteiger partial charge in [0.25, 0.3) is 0 Å². The Morgan fingerprint density at radius 3 is 2.82 bits per heavy atom. The fourth-order valence-corrected chi connectivity index (χ4v) is 2.72. The van der Waals surface area contributed by atoms with Crippen LogP contribution in [0.2, 0.25) is 0 Å². The van der Waals surface area contributed by atoms with Crippen molar-refractivity contribution < 1.29 is 0 Å². The van der Waals surface area contributed by atoms with E-state index in [9.17, 15) is 0 Å². The van der Waals surface area contributed by atoms with Crippen LogP contribution < -0.4 is 5.32 Å². The van der Waals surface area contributed by atoms with Gasteiger partial charge in [0.1, 0.15) is 0 Å². The molecule has 3 heteroatoms. The molecule has 1 aliphatic rings. The maximum Gasteiger partial charge on any atom is 0.0400 e. The van der Waals surface area contributed by atoms with Gasteiger partial charge in [0, 0.05) is 35.3 Å². The lowest BCUT2D eigenvalue weighted by Gasteiger charge is -2.21. The van der Waals surface area contributed by atoms with E-state index in [1.807, 2.05) is 0 Å². The topological polar surface area (TPSA) is 15.3 Å². The smallest absolute Gasteiger partial charge is 0.0400 e. The second-order valence-corrected chi connectivity index (χ2v) is 5.99. The minimum absolute atomic E-state index is 0.588. The summed E-state index contributed by atoms with van der Waals surface area (Å²) in [6.45, 7) is 9.06. The highest BCUT2D eigenvalue weighted by Crippen LogP contribution is 2.25. The van der Waals surface area contributed by atoms with Gasteiger partial charge in [-0.3, -0.25) is 4.90 Å². The predicted molar refractivity (Wildman–Crippen MR) is 77.6 cm³/mol. The molecule has 2 rings (SSSR count). The second-order valence-electron chi connectivity index (χ2n) is 5.13. The number of nitrogens with zero attached hydrogens (tertiary/aromatic N) is 1. The molecule has 2 nitrogen and oxygen atoms in total. The van der Waals surface area contributed by atoms with Crippen molar-refractivity contribution in [3.8, 4) is 0 Å². The molecular weight excluding hydrogens is 276 g/mol. The fourth-order valence-electron chi connectivity index (χ4n) is 2.36. The Morgan fingerprint density at radius 1 is 1.41 bits per heavy atom. The molecule has 0 bridgehead atoms. The van der Waals surface area contributed by atoms with Gasteiger partial charge in [-0.1, -0.05) is 22.0 Å². The van der Waals surface area contributed by atoms with Gasteiger partial charge in [-0.05, 0) is 44.9 Å². The summed E-state index contributed by atoms with van der Waals surface area (Å²) in [5, 5.41) is 3.66. The number of benzene rings is 1. The number of anilines is 1. The third-order valence-corrected chi connectivity index (χ3v) is 4.44. The molecular formula is C14H21BrN2. The first-order chi connectivity index (χ1) is 8.08. The maximum atomic E-state index is 3.66. The Bertz CT molecular complexity index is 390. The SMILES string of the molecule is Cc1c(Br)cccc1NC1CCN(C(C)C)C1. The molecule has 1 aromatic rings. The van der Waals surface area contributed by atoms with Gasteiger partial charge in [-0.25, -0.2) is 0 Å². The van der Waals surface area contributed by atoms with Crippen LogP contribution in [0.25, 0.3) is 0 Å². The molecule has 0 spiro atoms. The van der Waals surface area contributed by atoms with Crippen LogP contribution in [0.1, 0.15) is 25.8 Å². The Hall–Kier alpha value is -0.540. The molecule has 0 saturated carbocycles. The van der Waals surface area contributed by atoms with Crippen LogP contribution in [0.4, 0.5) is 5.69 Å². The van der Waals surface area contributed by atoms with E-state index in [-0.39, 0.29) is 0 Å². The first-order valence-electron chi connectivity index (χ1n) is 6.33. The van der Waals surface area contributed by atoms with Crippen molar-refractivity contribution in [1.82, 2.24) is 4.90 Å². The van der Waals surface area contributed by atoms with Crippen LogP contribution >= 0.6 is 15.9 Å². The Morgan fingerprint density at radius 2 is 2.18 bits per heavy atom. The summed E-state index contributed by atoms with van der Waals surface area (Å²) in [4.78, 5) is 2.53. The monoisotopic (exact) mass is 296 g/mol. The molecule has 1 unspecified atom stereocenters. The van der Waals surface area contributed by atoms with E-state index in [0.717, 1.165) is 6.54 Å². The molecule has 0 amide bonds. The Labute approximate surface area is 113 Å². The summed E-state index contributed by atoms with van der Waals surface area (Å²) < 4.78 is 1.18. The summed E-state index contributed by atoms with van der Waals surface area (Å²) in [6, 6.07) is 7.60. The standard InChI is InChI=1S/C14H21BrN2/c1-10(2)17-8-7-12(9-17)16-14-6-4-5-13(15)11(14)3/h4-6,10,12,16H,7-9H2,1-3H3. The van der Waals surface area contributed by atoms with Crippen molar-refractivity contribution >= 4 is 21.6 Å². The van der Waals surface area contributed by atoms with Crippen LogP contribution in [-0.2, 0) is 0 Å². The number of halogens is 1. The summed E-state index contributed by atoms with van der Waals surface area (Å²) in [5.74, 6) is 0. The molecule has 0 radical (unpaired) electrons. The van der Waals surface area contributed by atoms with Gasteiger partial charge in [0.2, 0.25) is 0 Å². The zero-order valence-corrected chi connectivity index (χ0v) is 12.4. The normalized spacial score (nSPS) is 21.1. The van der Waals surface area contributed by atoms with Crippen LogP contribution in [0, 0.1) is 6.92 Å². The molecule has 1 saturated heterocycles. The van der Waals surface area contributed by atoms with Gasteiger partial charge in [-0.15, -0.1) is 0 Å². The summed E-state index contributed by atoms with van der Waals surface area (Å²) >= 11 is 3.58. The van der Waals surface area contributed by atoms with Gasteiger partial charge < -0.3 is 5.32 Å². The Kier molecular flexibility index (Phi) is 4.10. The number of rotatable bonds is 3. The molecule has 0 aromatic heterocycles. The molecule has 17 heavy (non-hydrogen) atoms. The Balaban J connectivity index is 2.00. The lowest BCUT2D eigenvalue weighted by molar-refractivity contribution is 0.274. The minimum Gasteiger partial charge on any atom is -0.381 e.